The molecule has 28 heavy (non-hydrogen) atoms. The Morgan fingerprint density at radius 3 is 1.82 bits per heavy atom. The third-order valence-electron chi connectivity index (χ3n) is 4.85. The second-order valence-corrected chi connectivity index (χ2v) is 10.1. The van der Waals surface area contributed by atoms with Gasteiger partial charge < -0.3 is 8.85 Å². The Hall–Kier alpha value is -1.68. The van der Waals surface area contributed by atoms with Crippen molar-refractivity contribution in [2.75, 3.05) is 13.2 Å². The molecule has 2 aromatic carbocycles. The number of benzene rings is 2. The summed E-state index contributed by atoms with van der Waals surface area (Å²) >= 11 is 0. The van der Waals surface area contributed by atoms with Gasteiger partial charge in [-0.2, -0.15) is 0 Å². The summed E-state index contributed by atoms with van der Waals surface area (Å²) in [5, 5.41) is 2.38. The molecule has 0 unspecified atom stereocenters. The Kier molecular flexibility index (Phi) is 10.9. The van der Waals surface area contributed by atoms with Crippen LogP contribution in [0.4, 0.5) is 0 Å². The van der Waals surface area contributed by atoms with E-state index in [-0.39, 0.29) is 0 Å². The molecular weight excluding hydrogens is 360 g/mol. The average molecular weight is 397 g/mol. The van der Waals surface area contributed by atoms with E-state index in [1.54, 1.807) is 0 Å². The maximum Gasteiger partial charge on any atom is 0.407 e. The minimum Gasteiger partial charge on any atom is -0.388 e. The molecule has 2 aromatic rings. The van der Waals surface area contributed by atoms with Gasteiger partial charge >= 0.3 is 8.56 Å². The molecular formula is C25H36O2Si. The second kappa shape index (κ2) is 13.5. The van der Waals surface area contributed by atoms with Crippen LogP contribution in [0, 0.1) is 0 Å². The molecule has 0 heterocycles. The normalized spacial score (nSPS) is 11.9. The summed E-state index contributed by atoms with van der Waals surface area (Å²) in [7, 11) is -2.71. The van der Waals surface area contributed by atoms with Gasteiger partial charge in [0.15, 0.2) is 0 Å². The van der Waals surface area contributed by atoms with Crippen molar-refractivity contribution in [3.05, 3.63) is 72.8 Å². The maximum absolute atomic E-state index is 6.68. The van der Waals surface area contributed by atoms with E-state index in [0.29, 0.717) is 6.61 Å². The van der Waals surface area contributed by atoms with Crippen molar-refractivity contribution in [1.82, 2.24) is 0 Å². The van der Waals surface area contributed by atoms with Crippen LogP contribution in [0.25, 0.3) is 0 Å². The molecule has 0 amide bonds. The molecule has 2 rings (SSSR count). The van der Waals surface area contributed by atoms with Crippen molar-refractivity contribution >= 4 is 18.9 Å². The smallest absolute Gasteiger partial charge is 0.388 e. The molecule has 0 N–H and O–H groups in total. The molecule has 3 heteroatoms. The molecule has 0 saturated carbocycles. The highest BCUT2D eigenvalue weighted by Crippen LogP contribution is 2.13. The number of rotatable bonds is 14. The van der Waals surface area contributed by atoms with Crippen LogP contribution in [0.1, 0.15) is 58.8 Å². The van der Waals surface area contributed by atoms with Crippen LogP contribution in [0.15, 0.2) is 72.8 Å². The van der Waals surface area contributed by atoms with E-state index < -0.39 is 8.56 Å². The van der Waals surface area contributed by atoms with Crippen LogP contribution in [-0.2, 0) is 8.85 Å². The fourth-order valence-electron chi connectivity index (χ4n) is 3.33. The highest BCUT2D eigenvalue weighted by atomic mass is 28.4. The van der Waals surface area contributed by atoms with Crippen LogP contribution in [0.3, 0.4) is 0 Å². The average Bonchev–Trinajstić information content (AvgIpc) is 2.76. The highest BCUT2D eigenvalue weighted by molar-refractivity contribution is 6.92. The van der Waals surface area contributed by atoms with Crippen LogP contribution in [-0.4, -0.2) is 21.8 Å². The molecule has 0 spiro atoms. The number of hydrogen-bond donors (Lipinski definition) is 0. The van der Waals surface area contributed by atoms with Gasteiger partial charge in [0.1, 0.15) is 0 Å². The van der Waals surface area contributed by atoms with Gasteiger partial charge in [-0.25, -0.2) is 0 Å². The van der Waals surface area contributed by atoms with E-state index in [9.17, 15) is 0 Å². The topological polar surface area (TPSA) is 18.5 Å². The van der Waals surface area contributed by atoms with E-state index in [2.05, 4.69) is 86.7 Å². The third-order valence-corrected chi connectivity index (χ3v) is 8.26. The highest BCUT2D eigenvalue weighted by Gasteiger charge is 2.42. The Morgan fingerprint density at radius 2 is 1.25 bits per heavy atom. The van der Waals surface area contributed by atoms with Gasteiger partial charge in [-0.15, -0.1) is 0 Å². The van der Waals surface area contributed by atoms with Gasteiger partial charge in [-0.3, -0.25) is 0 Å². The van der Waals surface area contributed by atoms with E-state index in [0.717, 1.165) is 25.9 Å². The Morgan fingerprint density at radius 1 is 0.679 bits per heavy atom. The van der Waals surface area contributed by atoms with Crippen molar-refractivity contribution in [1.29, 1.82) is 0 Å². The summed E-state index contributed by atoms with van der Waals surface area (Å²) in [6.45, 7) is 5.85. The molecule has 0 aliphatic heterocycles. The van der Waals surface area contributed by atoms with E-state index in [1.165, 1.54) is 36.1 Å². The van der Waals surface area contributed by atoms with Gasteiger partial charge in [-0.1, -0.05) is 112 Å². The summed E-state index contributed by atoms with van der Waals surface area (Å²) in [6, 6.07) is 21.1. The van der Waals surface area contributed by atoms with Gasteiger partial charge in [0.05, 0.1) is 0 Å². The van der Waals surface area contributed by atoms with Crippen LogP contribution < -0.4 is 10.4 Å². The maximum atomic E-state index is 6.68. The SMILES string of the molecule is CC/C=C\CCO[Si](OCCCCCCC)(c1ccccc1)c1ccccc1. The predicted molar refractivity (Wildman–Crippen MR) is 123 cm³/mol. The van der Waals surface area contributed by atoms with Gasteiger partial charge in [0.25, 0.3) is 0 Å². The zero-order valence-corrected chi connectivity index (χ0v) is 18.6. The molecule has 0 atom stereocenters. The van der Waals surface area contributed by atoms with Crippen molar-refractivity contribution < 1.29 is 8.85 Å². The summed E-state index contributed by atoms with van der Waals surface area (Å²) in [4.78, 5) is 0. The zero-order chi connectivity index (χ0) is 19.9. The molecule has 152 valence electrons. The van der Waals surface area contributed by atoms with Crippen molar-refractivity contribution in [2.45, 2.75) is 58.8 Å². The lowest BCUT2D eigenvalue weighted by molar-refractivity contribution is 0.190. The third kappa shape index (κ3) is 7.05. The molecule has 0 aromatic heterocycles. The molecule has 0 bridgehead atoms. The zero-order valence-electron chi connectivity index (χ0n) is 17.6. The fraction of sp³-hybridized carbons (Fsp3) is 0.440. The van der Waals surface area contributed by atoms with E-state index in [4.69, 9.17) is 8.85 Å². The van der Waals surface area contributed by atoms with Gasteiger partial charge in [0.2, 0.25) is 0 Å². The lowest BCUT2D eigenvalue weighted by Gasteiger charge is -2.31. The summed E-state index contributed by atoms with van der Waals surface area (Å²) in [5.74, 6) is 0. The molecule has 0 radical (unpaired) electrons. The Bertz CT molecular complexity index is 615. The summed E-state index contributed by atoms with van der Waals surface area (Å²) in [6.07, 6.45) is 12.6. The lowest BCUT2D eigenvalue weighted by atomic mass is 10.2. The first kappa shape index (κ1) is 22.6. The summed E-state index contributed by atoms with van der Waals surface area (Å²) in [5.41, 5.74) is 0. The first-order valence-electron chi connectivity index (χ1n) is 10.9. The number of hydrogen-bond acceptors (Lipinski definition) is 2. The second-order valence-electron chi connectivity index (χ2n) is 7.13. The standard InChI is InChI=1S/C25H36O2Si/c1-3-5-7-9-17-23-27-28(24-18-12-10-13-19-24,25-20-14-11-15-21-25)26-22-16-8-6-4-2/h6,8,10-15,18-21H,3-5,7,9,16-17,22-23H2,1-2H3/b8-6-. The van der Waals surface area contributed by atoms with Crippen molar-refractivity contribution in [3.8, 4) is 0 Å². The Labute approximate surface area is 172 Å². The minimum absolute atomic E-state index is 0.683. The monoisotopic (exact) mass is 396 g/mol. The number of unbranched alkanes of at least 4 members (excludes halogenated alkanes) is 4. The lowest BCUT2D eigenvalue weighted by Crippen LogP contribution is -2.63. The van der Waals surface area contributed by atoms with Gasteiger partial charge in [0, 0.05) is 13.2 Å². The molecule has 0 aliphatic rings. The van der Waals surface area contributed by atoms with Crippen molar-refractivity contribution in [2.24, 2.45) is 0 Å². The van der Waals surface area contributed by atoms with Gasteiger partial charge in [-0.05, 0) is 29.6 Å². The first-order valence-corrected chi connectivity index (χ1v) is 12.7. The quantitative estimate of drug-likeness (QED) is 0.235. The molecule has 0 aliphatic carbocycles. The van der Waals surface area contributed by atoms with E-state index in [1.807, 2.05) is 0 Å². The van der Waals surface area contributed by atoms with E-state index >= 15 is 0 Å². The van der Waals surface area contributed by atoms with Crippen LogP contribution in [0.5, 0.6) is 0 Å². The summed E-state index contributed by atoms with van der Waals surface area (Å²) < 4.78 is 13.3. The van der Waals surface area contributed by atoms with Crippen LogP contribution >= 0.6 is 0 Å². The minimum atomic E-state index is -2.71. The first-order chi connectivity index (χ1) is 13.8. The van der Waals surface area contributed by atoms with Crippen molar-refractivity contribution in [3.63, 3.8) is 0 Å². The van der Waals surface area contributed by atoms with Crippen LogP contribution in [0.2, 0.25) is 0 Å². The molecule has 2 nitrogen and oxygen atoms in total. The number of allylic oxidation sites excluding steroid dienone is 1. The predicted octanol–water partition coefficient (Wildman–Crippen LogP) is 5.60. The molecule has 0 saturated heterocycles. The Balaban J connectivity index is 2.20. The molecule has 0 fully saturated rings. The fourth-order valence-corrected chi connectivity index (χ4v) is 6.52. The largest absolute Gasteiger partial charge is 0.407 e.